The number of imidazole rings is 1. The molecule has 1 fully saturated rings. The number of ether oxygens (including phenoxy) is 1. The minimum Gasteiger partial charge on any atom is -0.387 e. The molecule has 0 aliphatic carbocycles. The molecule has 1 saturated heterocycles. The molecule has 0 spiro atoms. The summed E-state index contributed by atoms with van der Waals surface area (Å²) < 4.78 is 6.85. The zero-order valence-corrected chi connectivity index (χ0v) is 13.3. The van der Waals surface area contributed by atoms with Crippen molar-refractivity contribution in [3.63, 3.8) is 0 Å². The fourth-order valence-corrected chi connectivity index (χ4v) is 2.72. The molecular weight excluding hydrogens is 330 g/mol. The van der Waals surface area contributed by atoms with Crippen LogP contribution < -0.4 is 11.1 Å². The van der Waals surface area contributed by atoms with Gasteiger partial charge in [0.25, 0.3) is 0 Å². The van der Waals surface area contributed by atoms with Crippen LogP contribution in [0, 0.1) is 11.3 Å². The first kappa shape index (κ1) is 17.2. The number of carbonyl (C=O) groups excluding carboxylic acids is 1. The van der Waals surface area contributed by atoms with Crippen molar-refractivity contribution in [2.24, 2.45) is 5.73 Å². The normalized spacial score (nSPS) is 25.9. The number of rotatable bonds is 5. The number of nitrogens with zero attached hydrogens (tertiary/aromatic N) is 5. The van der Waals surface area contributed by atoms with Gasteiger partial charge in [-0.15, -0.1) is 0 Å². The van der Waals surface area contributed by atoms with E-state index in [2.05, 4.69) is 20.3 Å². The number of ketones is 1. The second kappa shape index (κ2) is 6.69. The van der Waals surface area contributed by atoms with Gasteiger partial charge in [0.15, 0.2) is 29.0 Å². The Labute approximate surface area is 142 Å². The van der Waals surface area contributed by atoms with E-state index >= 15 is 0 Å². The number of aliphatic hydroxyl groups excluding tert-OH is 2. The fraction of sp³-hybridized carbons (Fsp3) is 0.500. The van der Waals surface area contributed by atoms with Gasteiger partial charge in [0.05, 0.1) is 12.9 Å². The van der Waals surface area contributed by atoms with E-state index in [9.17, 15) is 15.0 Å². The van der Waals surface area contributed by atoms with Crippen molar-refractivity contribution in [3.05, 3.63) is 12.2 Å². The highest BCUT2D eigenvalue weighted by Crippen LogP contribution is 2.32. The number of hydrogen-bond donors (Lipinski definition) is 4. The Morgan fingerprint density at radius 3 is 2.88 bits per heavy atom. The molecule has 11 heteroatoms. The lowest BCUT2D eigenvalue weighted by Gasteiger charge is -2.16. The number of aromatic nitrogens is 4. The summed E-state index contributed by atoms with van der Waals surface area (Å²) in [6.45, 7) is 2.09. The molecule has 4 atom stereocenters. The third kappa shape index (κ3) is 2.81. The highest BCUT2D eigenvalue weighted by molar-refractivity contribution is 5.86. The van der Waals surface area contributed by atoms with Crippen LogP contribution in [0.4, 0.5) is 5.82 Å². The molecule has 1 aliphatic heterocycles. The topological polar surface area (TPSA) is 172 Å². The van der Waals surface area contributed by atoms with Gasteiger partial charge < -0.3 is 26.0 Å². The maximum absolute atomic E-state index is 11.8. The highest BCUT2D eigenvalue weighted by Gasteiger charge is 2.47. The molecule has 5 N–H and O–H groups in total. The summed E-state index contributed by atoms with van der Waals surface area (Å²) in [5.74, 6) is -0.252. The van der Waals surface area contributed by atoms with Crippen molar-refractivity contribution in [1.29, 1.82) is 5.26 Å². The smallest absolute Gasteiger partial charge is 0.236 e. The third-order valence-electron chi connectivity index (χ3n) is 3.90. The number of nitrogens with two attached hydrogens (primary N) is 1. The highest BCUT2D eigenvalue weighted by atomic mass is 16.6. The second-order valence-corrected chi connectivity index (χ2v) is 5.46. The molecule has 3 rings (SSSR count). The van der Waals surface area contributed by atoms with Gasteiger partial charge in [-0.2, -0.15) is 15.2 Å². The molecular formula is C14H17N7O4. The van der Waals surface area contributed by atoms with E-state index < -0.39 is 30.3 Å². The van der Waals surface area contributed by atoms with E-state index in [4.69, 9.17) is 15.7 Å². The molecule has 0 aromatic carbocycles. The largest absolute Gasteiger partial charge is 0.387 e. The van der Waals surface area contributed by atoms with Crippen LogP contribution in [0.15, 0.2) is 6.33 Å². The van der Waals surface area contributed by atoms with Gasteiger partial charge in [0, 0.05) is 6.54 Å². The van der Waals surface area contributed by atoms with Gasteiger partial charge in [-0.05, 0) is 6.92 Å². The second-order valence-electron chi connectivity index (χ2n) is 5.46. The van der Waals surface area contributed by atoms with Crippen molar-refractivity contribution in [1.82, 2.24) is 19.5 Å². The van der Waals surface area contributed by atoms with Gasteiger partial charge in [0.1, 0.15) is 24.4 Å². The number of aliphatic hydroxyl groups is 2. The Morgan fingerprint density at radius 2 is 2.24 bits per heavy atom. The zero-order chi connectivity index (χ0) is 18.1. The van der Waals surface area contributed by atoms with Gasteiger partial charge in [-0.1, -0.05) is 0 Å². The Balaban J connectivity index is 2.06. The molecule has 0 unspecified atom stereocenters. The van der Waals surface area contributed by atoms with Crippen LogP contribution in [-0.4, -0.2) is 66.9 Å². The Bertz CT molecular complexity index is 846. The van der Waals surface area contributed by atoms with E-state index in [0.717, 1.165) is 0 Å². The van der Waals surface area contributed by atoms with Gasteiger partial charge in [-0.3, -0.25) is 9.36 Å². The molecule has 3 heterocycles. The molecule has 132 valence electrons. The van der Waals surface area contributed by atoms with Gasteiger partial charge in [-0.25, -0.2) is 4.98 Å². The minimum atomic E-state index is -1.43. The lowest BCUT2D eigenvalue weighted by molar-refractivity contribution is -0.133. The van der Waals surface area contributed by atoms with Crippen molar-refractivity contribution < 1.29 is 19.7 Å². The number of fused-ring (bicyclic) bond motifs is 1. The summed E-state index contributed by atoms with van der Waals surface area (Å²) in [7, 11) is 0. The van der Waals surface area contributed by atoms with Crippen molar-refractivity contribution in [3.8, 4) is 6.07 Å². The van der Waals surface area contributed by atoms with Crippen LogP contribution in [0.5, 0.6) is 0 Å². The molecule has 11 nitrogen and oxygen atoms in total. The molecule has 2 aromatic heterocycles. The van der Waals surface area contributed by atoms with E-state index in [0.29, 0.717) is 17.9 Å². The zero-order valence-electron chi connectivity index (χ0n) is 13.3. The molecule has 0 radical (unpaired) electrons. The number of anilines is 1. The predicted molar refractivity (Wildman–Crippen MR) is 84.2 cm³/mol. The Morgan fingerprint density at radius 1 is 1.48 bits per heavy atom. The third-order valence-corrected chi connectivity index (χ3v) is 3.90. The number of carbonyl (C=O) groups is 1. The minimum absolute atomic E-state index is 0.0900. The van der Waals surface area contributed by atoms with Crippen LogP contribution in [0.3, 0.4) is 0 Å². The Hall–Kier alpha value is -2.65. The fourth-order valence-electron chi connectivity index (χ4n) is 2.72. The molecule has 0 amide bonds. The van der Waals surface area contributed by atoms with Crippen LogP contribution in [0.25, 0.3) is 11.2 Å². The SMILES string of the molecule is CCNc1nc(C#N)nc2c1ncn2[C@@H]1O[C@H](C(=O)CN)[C@@H](O)[C@H]1O. The summed E-state index contributed by atoms with van der Waals surface area (Å²) in [6, 6.07) is 1.85. The molecule has 1 aliphatic rings. The maximum atomic E-state index is 11.8. The van der Waals surface area contributed by atoms with E-state index in [1.54, 1.807) is 0 Å². The first-order valence-electron chi connectivity index (χ1n) is 7.64. The molecule has 25 heavy (non-hydrogen) atoms. The molecule has 2 aromatic rings. The number of hydrogen-bond acceptors (Lipinski definition) is 10. The number of nitrogens with one attached hydrogen (secondary N) is 1. The van der Waals surface area contributed by atoms with Gasteiger partial charge >= 0.3 is 0 Å². The van der Waals surface area contributed by atoms with Crippen molar-refractivity contribution in [2.45, 2.75) is 31.5 Å². The lowest BCUT2D eigenvalue weighted by Crippen LogP contribution is -2.39. The van der Waals surface area contributed by atoms with Crippen LogP contribution in [0.2, 0.25) is 0 Å². The standard InChI is InChI=1S/C14H17N7O4/c1-2-17-12-8-13(20-7(4-16)19-12)21(5-18-8)14-10(24)9(23)11(25-14)6(22)3-15/h5,9-11,14,23-24H,2-3,15H2,1H3,(H,17,19,20)/t9-,10+,11+,14+/m0/s1. The molecule has 0 saturated carbocycles. The monoisotopic (exact) mass is 347 g/mol. The Kier molecular flexibility index (Phi) is 4.60. The predicted octanol–water partition coefficient (Wildman–Crippen LogP) is -1.72. The molecule has 0 bridgehead atoms. The lowest BCUT2D eigenvalue weighted by atomic mass is 10.1. The summed E-state index contributed by atoms with van der Waals surface area (Å²) in [5.41, 5.74) is 5.91. The summed E-state index contributed by atoms with van der Waals surface area (Å²) in [5, 5.41) is 32.4. The first-order valence-corrected chi connectivity index (χ1v) is 7.64. The average Bonchev–Trinajstić information content (AvgIpc) is 3.16. The van der Waals surface area contributed by atoms with Crippen LogP contribution in [0.1, 0.15) is 19.0 Å². The summed E-state index contributed by atoms with van der Waals surface area (Å²) in [4.78, 5) is 24.1. The van der Waals surface area contributed by atoms with E-state index in [-0.39, 0.29) is 18.0 Å². The van der Waals surface area contributed by atoms with Crippen molar-refractivity contribution in [2.75, 3.05) is 18.4 Å². The maximum Gasteiger partial charge on any atom is 0.236 e. The van der Waals surface area contributed by atoms with E-state index in [1.807, 2.05) is 13.0 Å². The quantitative estimate of drug-likeness (QED) is 0.487. The summed E-state index contributed by atoms with van der Waals surface area (Å²) in [6.07, 6.45) is -3.81. The van der Waals surface area contributed by atoms with E-state index in [1.165, 1.54) is 10.9 Å². The van der Waals surface area contributed by atoms with Crippen LogP contribution in [-0.2, 0) is 9.53 Å². The van der Waals surface area contributed by atoms with Gasteiger partial charge in [0.2, 0.25) is 5.82 Å². The van der Waals surface area contributed by atoms with Crippen molar-refractivity contribution >= 4 is 22.8 Å². The average molecular weight is 347 g/mol. The summed E-state index contributed by atoms with van der Waals surface area (Å²) >= 11 is 0. The number of nitriles is 1. The van der Waals surface area contributed by atoms with Crippen LogP contribution >= 0.6 is 0 Å². The first-order chi connectivity index (χ1) is 12.0. The number of Topliss-reactive ketones (excluding diaryl/α,β-unsaturated/α-hetero) is 1.